The molecule has 1 atom stereocenters. The Morgan fingerprint density at radius 1 is 1.12 bits per heavy atom. The van der Waals surface area contributed by atoms with Crippen LogP contribution in [0.2, 0.25) is 0 Å². The van der Waals surface area contributed by atoms with Crippen molar-refractivity contribution in [2.75, 3.05) is 17.2 Å². The molecule has 1 aliphatic heterocycles. The monoisotopic (exact) mass is 324 g/mol. The predicted molar refractivity (Wildman–Crippen MR) is 102 cm³/mol. The molecule has 2 aromatic rings. The van der Waals surface area contributed by atoms with Gasteiger partial charge in [-0.05, 0) is 35.1 Å². The molecule has 0 bridgehead atoms. The SMILES string of the molecule is CCC1CN(Cc2ccc(C(C)(C)C)cc2)c2ccc(N)cc2O1. The zero-order valence-electron chi connectivity index (χ0n) is 15.2. The Hall–Kier alpha value is -2.16. The van der Waals surface area contributed by atoms with Gasteiger partial charge in [-0.3, -0.25) is 0 Å². The van der Waals surface area contributed by atoms with E-state index in [2.05, 4.69) is 62.9 Å². The van der Waals surface area contributed by atoms with Crippen LogP contribution in [0.15, 0.2) is 42.5 Å². The highest BCUT2D eigenvalue weighted by Gasteiger charge is 2.25. The summed E-state index contributed by atoms with van der Waals surface area (Å²) in [5, 5.41) is 0. The smallest absolute Gasteiger partial charge is 0.145 e. The molecular formula is C21H28N2O. The maximum absolute atomic E-state index is 6.07. The van der Waals surface area contributed by atoms with E-state index in [-0.39, 0.29) is 11.5 Å². The molecule has 1 unspecified atom stereocenters. The minimum absolute atomic E-state index is 0.189. The molecule has 0 saturated carbocycles. The first-order valence-corrected chi connectivity index (χ1v) is 8.77. The summed E-state index contributed by atoms with van der Waals surface area (Å²) in [6.45, 7) is 10.7. The van der Waals surface area contributed by atoms with Crippen LogP contribution in [0.5, 0.6) is 5.75 Å². The van der Waals surface area contributed by atoms with Gasteiger partial charge in [-0.25, -0.2) is 0 Å². The third kappa shape index (κ3) is 3.50. The van der Waals surface area contributed by atoms with Gasteiger partial charge in [0.05, 0.1) is 12.2 Å². The summed E-state index contributed by atoms with van der Waals surface area (Å²) in [5.74, 6) is 0.902. The van der Waals surface area contributed by atoms with Crippen molar-refractivity contribution in [3.8, 4) is 5.75 Å². The van der Waals surface area contributed by atoms with Crippen molar-refractivity contribution in [3.05, 3.63) is 53.6 Å². The van der Waals surface area contributed by atoms with Gasteiger partial charge < -0.3 is 15.4 Å². The number of hydrogen-bond donors (Lipinski definition) is 1. The molecule has 3 heteroatoms. The van der Waals surface area contributed by atoms with Crippen LogP contribution in [0.1, 0.15) is 45.2 Å². The van der Waals surface area contributed by atoms with E-state index in [4.69, 9.17) is 10.5 Å². The predicted octanol–water partition coefficient (Wildman–Crippen LogP) is 4.74. The van der Waals surface area contributed by atoms with Crippen LogP contribution < -0.4 is 15.4 Å². The van der Waals surface area contributed by atoms with Gasteiger partial charge >= 0.3 is 0 Å². The molecule has 1 aliphatic rings. The van der Waals surface area contributed by atoms with Gasteiger partial charge in [-0.15, -0.1) is 0 Å². The van der Waals surface area contributed by atoms with E-state index in [1.807, 2.05) is 12.1 Å². The maximum Gasteiger partial charge on any atom is 0.145 e. The van der Waals surface area contributed by atoms with Crippen molar-refractivity contribution in [2.45, 2.75) is 52.2 Å². The van der Waals surface area contributed by atoms with Gasteiger partial charge in [0, 0.05) is 18.3 Å². The Bertz CT molecular complexity index is 701. The average molecular weight is 324 g/mol. The van der Waals surface area contributed by atoms with Crippen molar-refractivity contribution in [1.82, 2.24) is 0 Å². The van der Waals surface area contributed by atoms with Crippen LogP contribution >= 0.6 is 0 Å². The zero-order chi connectivity index (χ0) is 17.3. The van der Waals surface area contributed by atoms with Gasteiger partial charge in [0.15, 0.2) is 0 Å². The maximum atomic E-state index is 6.07. The fourth-order valence-electron chi connectivity index (χ4n) is 3.14. The highest BCUT2D eigenvalue weighted by Crippen LogP contribution is 2.36. The van der Waals surface area contributed by atoms with Crippen LogP contribution in [-0.4, -0.2) is 12.6 Å². The molecule has 0 radical (unpaired) electrons. The summed E-state index contributed by atoms with van der Waals surface area (Å²) in [6.07, 6.45) is 1.21. The summed E-state index contributed by atoms with van der Waals surface area (Å²) in [4.78, 5) is 2.40. The third-order valence-electron chi connectivity index (χ3n) is 4.69. The standard InChI is InChI=1S/C21H28N2O/c1-5-18-14-23(19-11-10-17(22)12-20(19)24-18)13-15-6-8-16(9-7-15)21(2,3)4/h6-12,18H,5,13-14,22H2,1-4H3. The van der Waals surface area contributed by atoms with Crippen LogP contribution in [0.25, 0.3) is 0 Å². The molecule has 0 spiro atoms. The number of hydrogen-bond acceptors (Lipinski definition) is 3. The Kier molecular flexibility index (Phi) is 4.44. The zero-order valence-corrected chi connectivity index (χ0v) is 15.2. The lowest BCUT2D eigenvalue weighted by molar-refractivity contribution is 0.189. The van der Waals surface area contributed by atoms with E-state index in [1.54, 1.807) is 0 Å². The molecule has 0 saturated heterocycles. The summed E-state index contributed by atoms with van der Waals surface area (Å²) < 4.78 is 6.07. The molecule has 24 heavy (non-hydrogen) atoms. The van der Waals surface area contributed by atoms with E-state index in [9.17, 15) is 0 Å². The van der Waals surface area contributed by atoms with Crippen LogP contribution in [0.4, 0.5) is 11.4 Å². The van der Waals surface area contributed by atoms with Crippen molar-refractivity contribution in [2.24, 2.45) is 0 Å². The van der Waals surface area contributed by atoms with Crippen molar-refractivity contribution < 1.29 is 4.74 Å². The molecule has 1 heterocycles. The molecule has 2 aromatic carbocycles. The first-order valence-electron chi connectivity index (χ1n) is 8.77. The fraction of sp³-hybridized carbons (Fsp3) is 0.429. The lowest BCUT2D eigenvalue weighted by atomic mass is 9.87. The first-order chi connectivity index (χ1) is 11.4. The van der Waals surface area contributed by atoms with E-state index in [0.717, 1.165) is 36.6 Å². The summed E-state index contributed by atoms with van der Waals surface area (Å²) >= 11 is 0. The Morgan fingerprint density at radius 3 is 2.46 bits per heavy atom. The number of nitrogens with two attached hydrogens (primary N) is 1. The van der Waals surface area contributed by atoms with E-state index in [1.165, 1.54) is 11.1 Å². The Morgan fingerprint density at radius 2 is 1.83 bits per heavy atom. The lowest BCUT2D eigenvalue weighted by Gasteiger charge is -2.36. The largest absolute Gasteiger partial charge is 0.486 e. The number of rotatable bonds is 3. The molecule has 0 fully saturated rings. The minimum Gasteiger partial charge on any atom is -0.486 e. The van der Waals surface area contributed by atoms with Gasteiger partial charge in [0.25, 0.3) is 0 Å². The number of nitrogen functional groups attached to an aromatic ring is 1. The molecule has 0 aliphatic carbocycles. The normalized spacial score (nSPS) is 17.3. The van der Waals surface area contributed by atoms with Crippen LogP contribution in [-0.2, 0) is 12.0 Å². The summed E-state index contributed by atoms with van der Waals surface area (Å²) in [7, 11) is 0. The highest BCUT2D eigenvalue weighted by atomic mass is 16.5. The van der Waals surface area contributed by atoms with E-state index < -0.39 is 0 Å². The number of ether oxygens (including phenoxy) is 1. The van der Waals surface area contributed by atoms with Gasteiger partial charge in [0.2, 0.25) is 0 Å². The lowest BCUT2D eigenvalue weighted by Crippen LogP contribution is -2.39. The Balaban J connectivity index is 1.84. The number of benzene rings is 2. The second-order valence-electron chi connectivity index (χ2n) is 7.70. The van der Waals surface area contributed by atoms with Gasteiger partial charge in [0.1, 0.15) is 11.9 Å². The summed E-state index contributed by atoms with van der Waals surface area (Å²) in [6, 6.07) is 14.9. The molecule has 2 N–H and O–H groups in total. The summed E-state index contributed by atoms with van der Waals surface area (Å²) in [5.41, 5.74) is 10.7. The third-order valence-corrected chi connectivity index (χ3v) is 4.69. The van der Waals surface area contributed by atoms with Crippen molar-refractivity contribution in [1.29, 1.82) is 0 Å². The molecular weight excluding hydrogens is 296 g/mol. The second kappa shape index (κ2) is 6.39. The number of anilines is 2. The van der Waals surface area contributed by atoms with Crippen molar-refractivity contribution >= 4 is 11.4 Å². The fourth-order valence-corrected chi connectivity index (χ4v) is 3.14. The van der Waals surface area contributed by atoms with E-state index in [0.29, 0.717) is 0 Å². The van der Waals surface area contributed by atoms with Gasteiger partial charge in [-0.2, -0.15) is 0 Å². The topological polar surface area (TPSA) is 38.5 Å². The second-order valence-corrected chi connectivity index (χ2v) is 7.70. The molecule has 128 valence electrons. The molecule has 3 nitrogen and oxygen atoms in total. The highest BCUT2D eigenvalue weighted by molar-refractivity contribution is 5.65. The minimum atomic E-state index is 0.189. The number of fused-ring (bicyclic) bond motifs is 1. The van der Waals surface area contributed by atoms with E-state index >= 15 is 0 Å². The molecule has 0 aromatic heterocycles. The Labute approximate surface area is 145 Å². The van der Waals surface area contributed by atoms with Crippen molar-refractivity contribution in [3.63, 3.8) is 0 Å². The molecule has 3 rings (SSSR count). The average Bonchev–Trinajstić information content (AvgIpc) is 2.54. The van der Waals surface area contributed by atoms with Crippen LogP contribution in [0, 0.1) is 0 Å². The van der Waals surface area contributed by atoms with Gasteiger partial charge in [-0.1, -0.05) is 52.0 Å². The molecule has 0 amide bonds. The number of nitrogens with zero attached hydrogens (tertiary/aromatic N) is 1. The first kappa shape index (κ1) is 16.7. The van der Waals surface area contributed by atoms with Crippen LogP contribution in [0.3, 0.4) is 0 Å². The quantitative estimate of drug-likeness (QED) is 0.829.